The van der Waals surface area contributed by atoms with Gasteiger partial charge in [0.25, 0.3) is 0 Å². The third-order valence-electron chi connectivity index (χ3n) is 5.12. The van der Waals surface area contributed by atoms with Gasteiger partial charge in [-0.2, -0.15) is 0 Å². The number of halogens is 1. The minimum Gasteiger partial charge on any atom is -0.396 e. The molecule has 4 N–H and O–H groups in total. The van der Waals surface area contributed by atoms with Gasteiger partial charge in [-0.1, -0.05) is 32.9 Å². The standard InChI is InChI=1S/C21H36N4O2.HI/c1-5-17-10-9-11-18(14-17)25-19(27)15-23-20(22-8-4)24-16-21(6-2,7-3)12-13-26;/h9-11,14,26H,5-8,12-13,15-16H2,1-4H3,(H,25,27)(H2,22,23,24);1H. The fraction of sp³-hybridized carbons (Fsp3) is 0.619. The first-order valence-corrected chi connectivity index (χ1v) is 10.0. The van der Waals surface area contributed by atoms with Crippen LogP contribution in [-0.4, -0.2) is 43.2 Å². The van der Waals surface area contributed by atoms with E-state index in [9.17, 15) is 9.90 Å². The summed E-state index contributed by atoms with van der Waals surface area (Å²) in [6, 6.07) is 7.85. The number of aliphatic imine (C=N–C) groups is 1. The highest BCUT2D eigenvalue weighted by Crippen LogP contribution is 2.29. The molecule has 0 radical (unpaired) electrons. The molecular formula is C21H37IN4O2. The molecule has 0 unspecified atom stereocenters. The van der Waals surface area contributed by atoms with Crippen LogP contribution in [0, 0.1) is 5.41 Å². The lowest BCUT2D eigenvalue weighted by molar-refractivity contribution is -0.114. The van der Waals surface area contributed by atoms with Gasteiger partial charge < -0.3 is 21.1 Å². The Balaban J connectivity index is 0.00000729. The molecule has 1 aromatic carbocycles. The summed E-state index contributed by atoms with van der Waals surface area (Å²) in [7, 11) is 0. The van der Waals surface area contributed by atoms with Gasteiger partial charge in [-0.05, 0) is 55.7 Å². The Morgan fingerprint density at radius 3 is 2.43 bits per heavy atom. The van der Waals surface area contributed by atoms with E-state index in [2.05, 4.69) is 41.7 Å². The van der Waals surface area contributed by atoms with Gasteiger partial charge in [0.2, 0.25) is 5.91 Å². The molecule has 6 nitrogen and oxygen atoms in total. The van der Waals surface area contributed by atoms with Crippen molar-refractivity contribution in [2.45, 2.75) is 53.4 Å². The number of aliphatic hydroxyl groups is 1. The van der Waals surface area contributed by atoms with Gasteiger partial charge in [-0.3, -0.25) is 4.79 Å². The summed E-state index contributed by atoms with van der Waals surface area (Å²) in [5.41, 5.74) is 2.02. The van der Waals surface area contributed by atoms with Crippen LogP contribution in [0.15, 0.2) is 29.3 Å². The molecular weight excluding hydrogens is 467 g/mol. The summed E-state index contributed by atoms with van der Waals surface area (Å²) in [5.74, 6) is 0.479. The second kappa shape index (κ2) is 14.6. The van der Waals surface area contributed by atoms with Gasteiger partial charge in [0.15, 0.2) is 5.96 Å². The van der Waals surface area contributed by atoms with E-state index in [1.54, 1.807) is 0 Å². The molecule has 0 bridgehead atoms. The van der Waals surface area contributed by atoms with Crippen molar-refractivity contribution >= 4 is 41.5 Å². The van der Waals surface area contributed by atoms with Crippen molar-refractivity contribution < 1.29 is 9.90 Å². The van der Waals surface area contributed by atoms with Crippen LogP contribution in [0.25, 0.3) is 0 Å². The van der Waals surface area contributed by atoms with E-state index in [1.807, 2.05) is 31.2 Å². The predicted octanol–water partition coefficient (Wildman–Crippen LogP) is 3.55. The van der Waals surface area contributed by atoms with E-state index < -0.39 is 0 Å². The first-order chi connectivity index (χ1) is 13.0. The van der Waals surface area contributed by atoms with Crippen LogP contribution in [0.2, 0.25) is 0 Å². The maximum atomic E-state index is 12.2. The van der Waals surface area contributed by atoms with Crippen LogP contribution < -0.4 is 16.0 Å². The highest BCUT2D eigenvalue weighted by atomic mass is 127. The highest BCUT2D eigenvalue weighted by Gasteiger charge is 2.25. The van der Waals surface area contributed by atoms with Crippen molar-refractivity contribution in [3.8, 4) is 0 Å². The number of carbonyl (C=O) groups excluding carboxylic acids is 1. The minimum absolute atomic E-state index is 0. The topological polar surface area (TPSA) is 85.8 Å². The number of benzene rings is 1. The van der Waals surface area contributed by atoms with Crippen molar-refractivity contribution in [1.29, 1.82) is 0 Å². The molecule has 0 aliphatic rings. The summed E-state index contributed by atoms with van der Waals surface area (Å²) in [4.78, 5) is 16.6. The first kappa shape index (κ1) is 26.6. The monoisotopic (exact) mass is 504 g/mol. The lowest BCUT2D eigenvalue weighted by atomic mass is 9.79. The number of carbonyl (C=O) groups is 1. The number of amides is 1. The number of rotatable bonds is 11. The zero-order chi connectivity index (χ0) is 20.1. The molecule has 0 saturated heterocycles. The number of hydrogen-bond acceptors (Lipinski definition) is 3. The molecule has 28 heavy (non-hydrogen) atoms. The molecule has 0 aliphatic carbocycles. The first-order valence-electron chi connectivity index (χ1n) is 10.0. The van der Waals surface area contributed by atoms with Gasteiger partial charge >= 0.3 is 0 Å². The number of aryl methyl sites for hydroxylation is 1. The smallest absolute Gasteiger partial charge is 0.246 e. The summed E-state index contributed by atoms with van der Waals surface area (Å²) in [6.45, 7) is 10.0. The van der Waals surface area contributed by atoms with Crippen molar-refractivity contribution in [3.63, 3.8) is 0 Å². The Labute approximate surface area is 187 Å². The lowest BCUT2D eigenvalue weighted by Crippen LogP contribution is -2.44. The fourth-order valence-electron chi connectivity index (χ4n) is 3.01. The molecule has 0 aromatic heterocycles. The average molecular weight is 504 g/mol. The van der Waals surface area contributed by atoms with E-state index in [-0.39, 0.29) is 48.5 Å². The van der Waals surface area contributed by atoms with E-state index in [4.69, 9.17) is 0 Å². The van der Waals surface area contributed by atoms with Gasteiger partial charge in [0, 0.05) is 25.4 Å². The molecule has 1 amide bonds. The molecule has 0 aliphatic heterocycles. The number of hydrogen-bond donors (Lipinski definition) is 4. The molecule has 1 aromatic rings. The Kier molecular flexibility index (Phi) is 13.9. The maximum absolute atomic E-state index is 12.2. The van der Waals surface area contributed by atoms with Gasteiger partial charge in [-0.15, -0.1) is 24.0 Å². The van der Waals surface area contributed by atoms with Crippen LogP contribution in [-0.2, 0) is 11.2 Å². The predicted molar refractivity (Wildman–Crippen MR) is 129 cm³/mol. The molecule has 0 fully saturated rings. The van der Waals surface area contributed by atoms with Crippen molar-refractivity contribution in [3.05, 3.63) is 29.8 Å². The molecule has 1 rings (SSSR count). The molecule has 7 heteroatoms. The quantitative estimate of drug-likeness (QED) is 0.211. The van der Waals surface area contributed by atoms with Crippen LogP contribution in [0.1, 0.15) is 52.5 Å². The van der Waals surface area contributed by atoms with Crippen LogP contribution in [0.3, 0.4) is 0 Å². The molecule has 0 heterocycles. The van der Waals surface area contributed by atoms with Crippen LogP contribution in [0.4, 0.5) is 5.69 Å². The zero-order valence-electron chi connectivity index (χ0n) is 17.7. The summed E-state index contributed by atoms with van der Waals surface area (Å²) >= 11 is 0. The van der Waals surface area contributed by atoms with Gasteiger partial charge in [-0.25, -0.2) is 4.99 Å². The number of nitrogens with zero attached hydrogens (tertiary/aromatic N) is 1. The summed E-state index contributed by atoms with van der Waals surface area (Å²) in [6.07, 6.45) is 3.64. The average Bonchev–Trinajstić information content (AvgIpc) is 2.69. The number of guanidine groups is 1. The molecule has 0 atom stereocenters. The van der Waals surface area contributed by atoms with Gasteiger partial charge in [0.1, 0.15) is 6.54 Å². The number of nitrogens with one attached hydrogen (secondary N) is 3. The second-order valence-corrected chi connectivity index (χ2v) is 6.83. The number of aliphatic hydroxyl groups excluding tert-OH is 1. The summed E-state index contributed by atoms with van der Waals surface area (Å²) in [5, 5.41) is 18.8. The maximum Gasteiger partial charge on any atom is 0.246 e. The van der Waals surface area contributed by atoms with Crippen molar-refractivity contribution in [2.75, 3.05) is 31.6 Å². The van der Waals surface area contributed by atoms with Crippen LogP contribution >= 0.6 is 24.0 Å². The molecule has 0 spiro atoms. The molecule has 160 valence electrons. The Hall–Kier alpha value is -1.35. The molecule has 0 saturated carbocycles. The SMILES string of the molecule is CCNC(=NCC(=O)Nc1cccc(CC)c1)NCC(CC)(CC)CCO.I. The van der Waals surface area contributed by atoms with E-state index >= 15 is 0 Å². The van der Waals surface area contributed by atoms with E-state index in [1.165, 1.54) is 5.56 Å². The fourth-order valence-corrected chi connectivity index (χ4v) is 3.01. The zero-order valence-corrected chi connectivity index (χ0v) is 20.0. The Morgan fingerprint density at radius 2 is 1.86 bits per heavy atom. The normalized spacial score (nSPS) is 11.5. The van der Waals surface area contributed by atoms with Gasteiger partial charge in [0.05, 0.1) is 0 Å². The van der Waals surface area contributed by atoms with E-state index in [0.717, 1.165) is 37.9 Å². The Morgan fingerprint density at radius 1 is 1.14 bits per heavy atom. The third kappa shape index (κ3) is 9.23. The van der Waals surface area contributed by atoms with Crippen molar-refractivity contribution in [2.24, 2.45) is 10.4 Å². The second-order valence-electron chi connectivity index (χ2n) is 6.83. The van der Waals surface area contributed by atoms with E-state index in [0.29, 0.717) is 12.5 Å². The number of anilines is 1. The highest BCUT2D eigenvalue weighted by molar-refractivity contribution is 14.0. The Bertz CT molecular complexity index is 604. The third-order valence-corrected chi connectivity index (χ3v) is 5.12. The van der Waals surface area contributed by atoms with Crippen LogP contribution in [0.5, 0.6) is 0 Å². The largest absolute Gasteiger partial charge is 0.396 e. The minimum atomic E-state index is -0.145. The van der Waals surface area contributed by atoms with Crippen molar-refractivity contribution in [1.82, 2.24) is 10.6 Å². The lowest BCUT2D eigenvalue weighted by Gasteiger charge is -2.32. The summed E-state index contributed by atoms with van der Waals surface area (Å²) < 4.78 is 0.